The van der Waals surface area contributed by atoms with Crippen LogP contribution in [0.2, 0.25) is 0 Å². The molecule has 0 aliphatic heterocycles. The molecule has 1 heterocycles. The van der Waals surface area contributed by atoms with Crippen molar-refractivity contribution in [2.45, 2.75) is 25.8 Å². The maximum atomic E-state index is 4.98. The fraction of sp³-hybridized carbons (Fsp3) is 0.727. The molecule has 86 valence electrons. The van der Waals surface area contributed by atoms with E-state index in [1.807, 2.05) is 23.1 Å². The smallest absolute Gasteiger partial charge is 0.0489 e. The van der Waals surface area contributed by atoms with E-state index in [0.29, 0.717) is 0 Å². The van der Waals surface area contributed by atoms with Gasteiger partial charge in [-0.15, -0.1) is 0 Å². The summed E-state index contributed by atoms with van der Waals surface area (Å²) in [6, 6.07) is 1.96. The van der Waals surface area contributed by atoms with Gasteiger partial charge in [0.15, 0.2) is 0 Å². The molecule has 0 fully saturated rings. The van der Waals surface area contributed by atoms with Gasteiger partial charge in [-0.3, -0.25) is 4.68 Å². The first-order chi connectivity index (χ1) is 7.43. The molecule has 1 N–H and O–H groups in total. The van der Waals surface area contributed by atoms with E-state index in [1.165, 1.54) is 6.42 Å². The van der Waals surface area contributed by atoms with Crippen LogP contribution in [0.5, 0.6) is 0 Å². The highest BCUT2D eigenvalue weighted by molar-refractivity contribution is 4.77. The average molecular weight is 211 g/mol. The predicted octanol–water partition coefficient (Wildman–Crippen LogP) is 1.29. The summed E-state index contributed by atoms with van der Waals surface area (Å²) in [6.45, 7) is 4.02. The van der Waals surface area contributed by atoms with Gasteiger partial charge in [-0.25, -0.2) is 0 Å². The zero-order chi connectivity index (χ0) is 10.8. The first-order valence-electron chi connectivity index (χ1n) is 5.60. The van der Waals surface area contributed by atoms with E-state index >= 15 is 0 Å². The molecule has 0 bridgehead atoms. The minimum Gasteiger partial charge on any atom is -0.385 e. The maximum Gasteiger partial charge on any atom is 0.0489 e. The van der Waals surface area contributed by atoms with Crippen molar-refractivity contribution >= 4 is 0 Å². The van der Waals surface area contributed by atoms with Crippen LogP contribution in [0, 0.1) is 0 Å². The molecule has 0 atom stereocenters. The normalized spacial score (nSPS) is 10.7. The Bertz CT molecular complexity index is 224. The van der Waals surface area contributed by atoms with Crippen molar-refractivity contribution < 1.29 is 4.74 Å². The fourth-order valence-corrected chi connectivity index (χ4v) is 1.42. The highest BCUT2D eigenvalue weighted by atomic mass is 16.5. The molecule has 1 rings (SSSR count). The van der Waals surface area contributed by atoms with E-state index in [-0.39, 0.29) is 0 Å². The number of nitrogens with zero attached hydrogens (tertiary/aromatic N) is 2. The molecule has 0 saturated carbocycles. The molecule has 4 heteroatoms. The Hall–Kier alpha value is -0.870. The minimum atomic E-state index is 0.870. The summed E-state index contributed by atoms with van der Waals surface area (Å²) in [6.07, 6.45) is 7.28. The lowest BCUT2D eigenvalue weighted by Crippen LogP contribution is -2.18. The molecular weight excluding hydrogens is 190 g/mol. The zero-order valence-electron chi connectivity index (χ0n) is 9.48. The summed E-state index contributed by atoms with van der Waals surface area (Å²) in [4.78, 5) is 0. The molecular formula is C11H21N3O. The first-order valence-corrected chi connectivity index (χ1v) is 5.60. The lowest BCUT2D eigenvalue weighted by Gasteiger charge is -2.04. The van der Waals surface area contributed by atoms with Gasteiger partial charge >= 0.3 is 0 Å². The Kier molecular flexibility index (Phi) is 6.86. The molecule has 0 radical (unpaired) electrons. The standard InChI is InChI=1S/C11H21N3O/c1-15-11-3-2-6-12-7-4-9-14-10-5-8-13-14/h5,8,10,12H,2-4,6-7,9,11H2,1H3. The van der Waals surface area contributed by atoms with Crippen LogP contribution >= 0.6 is 0 Å². The van der Waals surface area contributed by atoms with Crippen LogP contribution in [0.3, 0.4) is 0 Å². The number of aromatic nitrogens is 2. The Morgan fingerprint density at radius 3 is 2.87 bits per heavy atom. The third kappa shape index (κ3) is 6.25. The highest BCUT2D eigenvalue weighted by Crippen LogP contribution is 1.89. The van der Waals surface area contributed by atoms with Crippen LogP contribution < -0.4 is 5.32 Å². The number of rotatable bonds is 9. The molecule has 1 aromatic heterocycles. The molecule has 15 heavy (non-hydrogen) atoms. The third-order valence-corrected chi connectivity index (χ3v) is 2.25. The van der Waals surface area contributed by atoms with Gasteiger partial charge in [0.1, 0.15) is 0 Å². The van der Waals surface area contributed by atoms with Gasteiger partial charge in [0.2, 0.25) is 0 Å². The number of unbranched alkanes of at least 4 members (excludes halogenated alkanes) is 1. The third-order valence-electron chi connectivity index (χ3n) is 2.25. The monoisotopic (exact) mass is 211 g/mol. The van der Waals surface area contributed by atoms with E-state index in [0.717, 1.165) is 39.1 Å². The second-order valence-electron chi connectivity index (χ2n) is 3.57. The van der Waals surface area contributed by atoms with Crippen LogP contribution in [0.1, 0.15) is 19.3 Å². The van der Waals surface area contributed by atoms with E-state index in [2.05, 4.69) is 10.4 Å². The van der Waals surface area contributed by atoms with Crippen LogP contribution in [-0.4, -0.2) is 36.6 Å². The summed E-state index contributed by atoms with van der Waals surface area (Å²) in [7, 11) is 1.75. The second-order valence-corrected chi connectivity index (χ2v) is 3.57. The molecule has 0 aliphatic rings. The lowest BCUT2D eigenvalue weighted by molar-refractivity contribution is 0.192. The SMILES string of the molecule is COCCCCNCCCn1cccn1. The van der Waals surface area contributed by atoms with Gasteiger partial charge in [-0.1, -0.05) is 0 Å². The Morgan fingerprint density at radius 1 is 1.27 bits per heavy atom. The Labute approximate surface area is 91.6 Å². The number of aryl methyl sites for hydroxylation is 1. The van der Waals surface area contributed by atoms with Crippen LogP contribution in [-0.2, 0) is 11.3 Å². The molecule has 0 aromatic carbocycles. The van der Waals surface area contributed by atoms with Crippen molar-refractivity contribution in [2.75, 3.05) is 26.8 Å². The summed E-state index contributed by atoms with van der Waals surface area (Å²) in [5, 5.41) is 7.56. The quantitative estimate of drug-likeness (QED) is 0.626. The van der Waals surface area contributed by atoms with Crippen molar-refractivity contribution in [3.05, 3.63) is 18.5 Å². The van der Waals surface area contributed by atoms with Crippen LogP contribution in [0.25, 0.3) is 0 Å². The molecule has 1 aromatic rings. The summed E-state index contributed by atoms with van der Waals surface area (Å²) >= 11 is 0. The van der Waals surface area contributed by atoms with Gasteiger partial charge in [0.05, 0.1) is 0 Å². The Morgan fingerprint density at radius 2 is 2.13 bits per heavy atom. The highest BCUT2D eigenvalue weighted by Gasteiger charge is 1.91. The zero-order valence-corrected chi connectivity index (χ0v) is 9.48. The van der Waals surface area contributed by atoms with Crippen molar-refractivity contribution in [3.63, 3.8) is 0 Å². The van der Waals surface area contributed by atoms with E-state index in [4.69, 9.17) is 4.74 Å². The molecule has 0 saturated heterocycles. The summed E-state index contributed by atoms with van der Waals surface area (Å²) in [5.41, 5.74) is 0. The summed E-state index contributed by atoms with van der Waals surface area (Å²) in [5.74, 6) is 0. The maximum absolute atomic E-state index is 4.98. The minimum absolute atomic E-state index is 0.870. The van der Waals surface area contributed by atoms with Gasteiger partial charge in [0, 0.05) is 32.7 Å². The average Bonchev–Trinajstić information content (AvgIpc) is 2.75. The number of nitrogens with one attached hydrogen (secondary N) is 1. The van der Waals surface area contributed by atoms with E-state index in [1.54, 1.807) is 7.11 Å². The van der Waals surface area contributed by atoms with Crippen LogP contribution in [0.4, 0.5) is 0 Å². The molecule has 0 unspecified atom stereocenters. The summed E-state index contributed by atoms with van der Waals surface area (Å²) < 4.78 is 6.94. The van der Waals surface area contributed by atoms with Gasteiger partial charge in [0.25, 0.3) is 0 Å². The van der Waals surface area contributed by atoms with Crippen molar-refractivity contribution in [1.82, 2.24) is 15.1 Å². The fourth-order valence-electron chi connectivity index (χ4n) is 1.42. The van der Waals surface area contributed by atoms with Gasteiger partial charge in [-0.05, 0) is 38.4 Å². The first kappa shape index (κ1) is 12.2. The predicted molar refractivity (Wildman–Crippen MR) is 60.8 cm³/mol. The molecule has 0 aliphatic carbocycles. The number of methoxy groups -OCH3 is 1. The molecule has 0 spiro atoms. The Balaban J connectivity index is 1.81. The van der Waals surface area contributed by atoms with Crippen LogP contribution in [0.15, 0.2) is 18.5 Å². The number of hydrogen-bond donors (Lipinski definition) is 1. The van der Waals surface area contributed by atoms with E-state index < -0.39 is 0 Å². The van der Waals surface area contributed by atoms with Gasteiger partial charge < -0.3 is 10.1 Å². The number of ether oxygens (including phenoxy) is 1. The second kappa shape index (κ2) is 8.44. The molecule has 4 nitrogen and oxygen atoms in total. The topological polar surface area (TPSA) is 39.1 Å². The van der Waals surface area contributed by atoms with Gasteiger partial charge in [-0.2, -0.15) is 5.10 Å². The van der Waals surface area contributed by atoms with E-state index in [9.17, 15) is 0 Å². The lowest BCUT2D eigenvalue weighted by atomic mass is 10.3. The molecule has 0 amide bonds. The van der Waals surface area contributed by atoms with Crippen molar-refractivity contribution in [2.24, 2.45) is 0 Å². The van der Waals surface area contributed by atoms with Crippen molar-refractivity contribution in [1.29, 1.82) is 0 Å². The largest absolute Gasteiger partial charge is 0.385 e. The number of hydrogen-bond acceptors (Lipinski definition) is 3. The van der Waals surface area contributed by atoms with Crippen molar-refractivity contribution in [3.8, 4) is 0 Å².